The van der Waals surface area contributed by atoms with E-state index in [2.05, 4.69) is 40.5 Å². The van der Waals surface area contributed by atoms with Crippen molar-refractivity contribution in [3.05, 3.63) is 35.9 Å². The molecule has 2 unspecified atom stereocenters. The van der Waals surface area contributed by atoms with Gasteiger partial charge in [-0.1, -0.05) is 30.3 Å². The van der Waals surface area contributed by atoms with E-state index in [1.54, 1.807) is 0 Å². The molecule has 0 amide bonds. The van der Waals surface area contributed by atoms with Crippen LogP contribution in [0.5, 0.6) is 0 Å². The Morgan fingerprint density at radius 2 is 1.86 bits per heavy atom. The van der Waals surface area contributed by atoms with Gasteiger partial charge < -0.3 is 10.1 Å². The lowest BCUT2D eigenvalue weighted by atomic mass is 10.0. The van der Waals surface area contributed by atoms with Crippen molar-refractivity contribution in [2.45, 2.75) is 44.2 Å². The van der Waals surface area contributed by atoms with E-state index in [0.29, 0.717) is 12.1 Å². The SMILES string of the molecule is c1ccc(C(CNC2CCCOCC2)N2CCCC2)cc1. The number of benzene rings is 1. The number of rotatable bonds is 5. The van der Waals surface area contributed by atoms with E-state index in [1.165, 1.54) is 44.3 Å². The topological polar surface area (TPSA) is 24.5 Å². The van der Waals surface area contributed by atoms with Gasteiger partial charge in [0.15, 0.2) is 0 Å². The molecule has 0 saturated carbocycles. The van der Waals surface area contributed by atoms with Crippen LogP contribution in [0.1, 0.15) is 43.7 Å². The Bertz CT molecular complexity index is 395. The molecule has 0 radical (unpaired) electrons. The van der Waals surface area contributed by atoms with E-state index in [9.17, 15) is 0 Å². The van der Waals surface area contributed by atoms with Crippen molar-refractivity contribution < 1.29 is 4.74 Å². The summed E-state index contributed by atoms with van der Waals surface area (Å²) in [6.07, 6.45) is 6.29. The van der Waals surface area contributed by atoms with Gasteiger partial charge in [0, 0.05) is 31.8 Å². The van der Waals surface area contributed by atoms with Crippen molar-refractivity contribution in [3.8, 4) is 0 Å². The van der Waals surface area contributed by atoms with E-state index < -0.39 is 0 Å². The number of nitrogens with zero attached hydrogens (tertiary/aromatic N) is 1. The van der Waals surface area contributed by atoms with Crippen molar-refractivity contribution in [1.29, 1.82) is 0 Å². The molecular formula is C18H28N2O. The van der Waals surface area contributed by atoms with Crippen molar-refractivity contribution >= 4 is 0 Å². The van der Waals surface area contributed by atoms with Crippen LogP contribution in [-0.2, 0) is 4.74 Å². The molecule has 0 spiro atoms. The maximum Gasteiger partial charge on any atom is 0.0480 e. The summed E-state index contributed by atoms with van der Waals surface area (Å²) in [4.78, 5) is 2.65. The molecule has 2 aliphatic heterocycles. The maximum absolute atomic E-state index is 5.57. The first kappa shape index (κ1) is 15.0. The van der Waals surface area contributed by atoms with E-state index in [4.69, 9.17) is 4.74 Å². The van der Waals surface area contributed by atoms with Gasteiger partial charge in [0.1, 0.15) is 0 Å². The molecule has 2 aliphatic rings. The van der Waals surface area contributed by atoms with E-state index in [1.807, 2.05) is 0 Å². The zero-order chi connectivity index (χ0) is 14.3. The number of hydrogen-bond acceptors (Lipinski definition) is 3. The average Bonchev–Trinajstić information content (AvgIpc) is 2.92. The van der Waals surface area contributed by atoms with E-state index >= 15 is 0 Å². The first-order valence-electron chi connectivity index (χ1n) is 8.53. The van der Waals surface area contributed by atoms with Crippen LogP contribution >= 0.6 is 0 Å². The summed E-state index contributed by atoms with van der Waals surface area (Å²) in [6, 6.07) is 12.2. The Kier molecular flexibility index (Phi) is 5.67. The molecule has 1 N–H and O–H groups in total. The van der Waals surface area contributed by atoms with Gasteiger partial charge in [0.2, 0.25) is 0 Å². The molecule has 2 fully saturated rings. The molecule has 2 atom stereocenters. The van der Waals surface area contributed by atoms with Crippen molar-refractivity contribution in [2.75, 3.05) is 32.8 Å². The summed E-state index contributed by atoms with van der Waals surface area (Å²) in [5.74, 6) is 0. The van der Waals surface area contributed by atoms with Crippen LogP contribution in [0, 0.1) is 0 Å². The van der Waals surface area contributed by atoms with Crippen LogP contribution in [0.15, 0.2) is 30.3 Å². The molecule has 0 aromatic heterocycles. The van der Waals surface area contributed by atoms with E-state index in [-0.39, 0.29) is 0 Å². The van der Waals surface area contributed by atoms with Gasteiger partial charge in [-0.2, -0.15) is 0 Å². The van der Waals surface area contributed by atoms with Gasteiger partial charge in [-0.25, -0.2) is 0 Å². The normalized spacial score (nSPS) is 25.6. The molecule has 1 aromatic carbocycles. The summed E-state index contributed by atoms with van der Waals surface area (Å²) < 4.78 is 5.57. The molecule has 2 saturated heterocycles. The smallest absolute Gasteiger partial charge is 0.0480 e. The predicted molar refractivity (Wildman–Crippen MR) is 86.5 cm³/mol. The van der Waals surface area contributed by atoms with Crippen LogP contribution in [0.25, 0.3) is 0 Å². The minimum absolute atomic E-state index is 0.526. The zero-order valence-electron chi connectivity index (χ0n) is 13.0. The first-order valence-corrected chi connectivity index (χ1v) is 8.53. The number of ether oxygens (including phenoxy) is 1. The number of nitrogens with one attached hydrogen (secondary N) is 1. The largest absolute Gasteiger partial charge is 0.381 e. The molecule has 21 heavy (non-hydrogen) atoms. The van der Waals surface area contributed by atoms with Gasteiger partial charge in [-0.15, -0.1) is 0 Å². The molecule has 116 valence electrons. The van der Waals surface area contributed by atoms with Crippen LogP contribution in [0.4, 0.5) is 0 Å². The lowest BCUT2D eigenvalue weighted by Crippen LogP contribution is -2.39. The Balaban J connectivity index is 1.61. The van der Waals surface area contributed by atoms with Crippen LogP contribution in [0.3, 0.4) is 0 Å². The molecule has 3 nitrogen and oxygen atoms in total. The second kappa shape index (κ2) is 7.92. The highest BCUT2D eigenvalue weighted by atomic mass is 16.5. The average molecular weight is 288 g/mol. The highest BCUT2D eigenvalue weighted by Gasteiger charge is 2.24. The molecule has 3 heteroatoms. The maximum atomic E-state index is 5.57. The third-order valence-electron chi connectivity index (χ3n) is 4.82. The highest BCUT2D eigenvalue weighted by molar-refractivity contribution is 5.19. The molecule has 3 rings (SSSR count). The summed E-state index contributed by atoms with van der Waals surface area (Å²) in [7, 11) is 0. The van der Waals surface area contributed by atoms with Gasteiger partial charge in [0.25, 0.3) is 0 Å². The Hall–Kier alpha value is -0.900. The second-order valence-corrected chi connectivity index (χ2v) is 6.32. The molecule has 1 aromatic rings. The number of hydrogen-bond donors (Lipinski definition) is 1. The standard InChI is InChI=1S/C18H28N2O/c1-2-7-16(8-3-1)18(20-11-4-5-12-20)15-19-17-9-6-13-21-14-10-17/h1-3,7-8,17-19H,4-6,9-15H2. The third kappa shape index (κ3) is 4.29. The summed E-state index contributed by atoms with van der Waals surface area (Å²) in [5.41, 5.74) is 1.46. The van der Waals surface area contributed by atoms with Gasteiger partial charge in [0.05, 0.1) is 0 Å². The van der Waals surface area contributed by atoms with Gasteiger partial charge in [-0.05, 0) is 50.8 Å². The quantitative estimate of drug-likeness (QED) is 0.901. The van der Waals surface area contributed by atoms with Gasteiger partial charge in [-0.3, -0.25) is 4.90 Å². The minimum Gasteiger partial charge on any atom is -0.381 e. The fourth-order valence-corrected chi connectivity index (χ4v) is 3.57. The Morgan fingerprint density at radius 3 is 2.67 bits per heavy atom. The molecule has 0 aliphatic carbocycles. The fourth-order valence-electron chi connectivity index (χ4n) is 3.57. The van der Waals surface area contributed by atoms with E-state index in [0.717, 1.165) is 26.2 Å². The zero-order valence-corrected chi connectivity index (χ0v) is 13.0. The second-order valence-electron chi connectivity index (χ2n) is 6.32. The Labute approximate surface area is 128 Å². The summed E-state index contributed by atoms with van der Waals surface area (Å²) in [5, 5.41) is 3.82. The Morgan fingerprint density at radius 1 is 1.05 bits per heavy atom. The lowest BCUT2D eigenvalue weighted by molar-refractivity contribution is 0.142. The minimum atomic E-state index is 0.526. The molecule has 0 bridgehead atoms. The number of likely N-dealkylation sites (tertiary alicyclic amines) is 1. The van der Waals surface area contributed by atoms with Gasteiger partial charge >= 0.3 is 0 Å². The van der Waals surface area contributed by atoms with Crippen LogP contribution < -0.4 is 5.32 Å². The third-order valence-corrected chi connectivity index (χ3v) is 4.82. The monoisotopic (exact) mass is 288 g/mol. The van der Waals surface area contributed by atoms with Crippen molar-refractivity contribution in [3.63, 3.8) is 0 Å². The predicted octanol–water partition coefficient (Wildman–Crippen LogP) is 2.98. The fraction of sp³-hybridized carbons (Fsp3) is 0.667. The summed E-state index contributed by atoms with van der Waals surface area (Å²) >= 11 is 0. The molecule has 2 heterocycles. The first-order chi connectivity index (χ1) is 10.4. The highest BCUT2D eigenvalue weighted by Crippen LogP contribution is 2.25. The molecular weight excluding hydrogens is 260 g/mol. The van der Waals surface area contributed by atoms with Crippen molar-refractivity contribution in [2.24, 2.45) is 0 Å². The lowest BCUT2D eigenvalue weighted by Gasteiger charge is -2.30. The van der Waals surface area contributed by atoms with Crippen LogP contribution in [0.2, 0.25) is 0 Å². The van der Waals surface area contributed by atoms with Crippen molar-refractivity contribution in [1.82, 2.24) is 10.2 Å². The van der Waals surface area contributed by atoms with Crippen LogP contribution in [-0.4, -0.2) is 43.8 Å². The summed E-state index contributed by atoms with van der Waals surface area (Å²) in [6.45, 7) is 5.41.